The maximum absolute atomic E-state index is 13.0. The van der Waals surface area contributed by atoms with Crippen LogP contribution in [0.2, 0.25) is 5.02 Å². The highest BCUT2D eigenvalue weighted by molar-refractivity contribution is 6.31. The molecule has 0 bridgehead atoms. The number of halogens is 1. The Balaban J connectivity index is 1.58. The lowest BCUT2D eigenvalue weighted by atomic mass is 10.0. The molecule has 0 saturated carbocycles. The van der Waals surface area contributed by atoms with Crippen LogP contribution < -0.4 is 5.32 Å². The summed E-state index contributed by atoms with van der Waals surface area (Å²) in [6.07, 6.45) is 4.77. The standard InChI is InChI=1S/C22H20ClN3O2/c1-14-19-10-16(23)7-8-20(19)28-21(14)22(27)26-17(11-18-12-24-13-25-18)9-15-5-3-2-4-6-15/h2-8,10,12-13,17H,9,11H2,1H3,(H,24,25)(H,26,27)/t17-/m0/s1. The van der Waals surface area contributed by atoms with Crippen molar-refractivity contribution in [1.29, 1.82) is 0 Å². The van der Waals surface area contributed by atoms with Crippen molar-refractivity contribution in [3.8, 4) is 0 Å². The number of nitrogens with zero attached hydrogens (tertiary/aromatic N) is 1. The van der Waals surface area contributed by atoms with E-state index in [1.54, 1.807) is 24.7 Å². The van der Waals surface area contributed by atoms with Crippen LogP contribution in [0.3, 0.4) is 0 Å². The molecule has 0 spiro atoms. The molecule has 0 aliphatic heterocycles. The van der Waals surface area contributed by atoms with Crippen molar-refractivity contribution in [2.45, 2.75) is 25.8 Å². The van der Waals surface area contributed by atoms with E-state index in [1.807, 2.05) is 31.2 Å². The van der Waals surface area contributed by atoms with E-state index in [0.717, 1.165) is 22.2 Å². The van der Waals surface area contributed by atoms with E-state index in [4.69, 9.17) is 16.0 Å². The molecule has 142 valence electrons. The van der Waals surface area contributed by atoms with Crippen molar-refractivity contribution in [2.75, 3.05) is 0 Å². The van der Waals surface area contributed by atoms with Gasteiger partial charge in [-0.2, -0.15) is 0 Å². The molecule has 2 heterocycles. The third-order valence-electron chi connectivity index (χ3n) is 4.79. The molecule has 1 atom stereocenters. The molecular weight excluding hydrogens is 374 g/mol. The van der Waals surface area contributed by atoms with Crippen LogP contribution in [-0.4, -0.2) is 21.9 Å². The van der Waals surface area contributed by atoms with Crippen LogP contribution in [0.25, 0.3) is 11.0 Å². The average Bonchev–Trinajstić information content (AvgIpc) is 3.31. The van der Waals surface area contributed by atoms with Gasteiger partial charge in [-0.3, -0.25) is 4.79 Å². The number of amides is 1. The normalized spacial score (nSPS) is 12.2. The lowest BCUT2D eigenvalue weighted by Crippen LogP contribution is -2.38. The highest BCUT2D eigenvalue weighted by atomic mass is 35.5. The molecule has 2 aromatic heterocycles. The summed E-state index contributed by atoms with van der Waals surface area (Å²) in [7, 11) is 0. The first-order valence-corrected chi connectivity index (χ1v) is 9.48. The first kappa shape index (κ1) is 18.3. The molecule has 0 radical (unpaired) electrons. The van der Waals surface area contributed by atoms with E-state index in [1.165, 1.54) is 0 Å². The smallest absolute Gasteiger partial charge is 0.287 e. The number of benzene rings is 2. The number of hydrogen-bond donors (Lipinski definition) is 2. The highest BCUT2D eigenvalue weighted by Crippen LogP contribution is 2.28. The zero-order chi connectivity index (χ0) is 19.5. The van der Waals surface area contributed by atoms with Crippen LogP contribution in [0, 0.1) is 6.92 Å². The fourth-order valence-corrected chi connectivity index (χ4v) is 3.57. The van der Waals surface area contributed by atoms with Crippen molar-refractivity contribution in [1.82, 2.24) is 15.3 Å². The number of H-pyrrole nitrogens is 1. The van der Waals surface area contributed by atoms with Crippen LogP contribution in [-0.2, 0) is 12.8 Å². The maximum Gasteiger partial charge on any atom is 0.287 e. The number of aromatic nitrogens is 2. The van der Waals surface area contributed by atoms with Gasteiger partial charge in [0.05, 0.1) is 6.33 Å². The number of aromatic amines is 1. The molecule has 0 aliphatic rings. The first-order valence-electron chi connectivity index (χ1n) is 9.11. The Morgan fingerprint density at radius 2 is 2.04 bits per heavy atom. The summed E-state index contributed by atoms with van der Waals surface area (Å²) in [6, 6.07) is 15.3. The molecule has 0 saturated heterocycles. The number of carbonyl (C=O) groups excluding carboxylic acids is 1. The topological polar surface area (TPSA) is 70.9 Å². The van der Waals surface area contributed by atoms with Gasteiger partial charge in [0.1, 0.15) is 5.58 Å². The van der Waals surface area contributed by atoms with E-state index in [2.05, 4.69) is 27.4 Å². The predicted molar refractivity (Wildman–Crippen MR) is 110 cm³/mol. The molecule has 4 rings (SSSR count). The second-order valence-electron chi connectivity index (χ2n) is 6.84. The number of aryl methyl sites for hydroxylation is 1. The Kier molecular flexibility index (Phi) is 5.17. The van der Waals surface area contributed by atoms with E-state index < -0.39 is 0 Å². The number of carbonyl (C=O) groups is 1. The summed E-state index contributed by atoms with van der Waals surface area (Å²) in [4.78, 5) is 20.2. The second kappa shape index (κ2) is 7.90. The molecule has 0 unspecified atom stereocenters. The third-order valence-corrected chi connectivity index (χ3v) is 5.02. The Morgan fingerprint density at radius 3 is 2.79 bits per heavy atom. The van der Waals surface area contributed by atoms with Crippen molar-refractivity contribution < 1.29 is 9.21 Å². The van der Waals surface area contributed by atoms with Crippen LogP contribution in [0.15, 0.2) is 65.5 Å². The van der Waals surface area contributed by atoms with E-state index in [-0.39, 0.29) is 11.9 Å². The molecule has 6 heteroatoms. The van der Waals surface area contributed by atoms with Crippen molar-refractivity contribution in [2.24, 2.45) is 0 Å². The van der Waals surface area contributed by atoms with Gasteiger partial charge in [0.15, 0.2) is 5.76 Å². The zero-order valence-electron chi connectivity index (χ0n) is 15.4. The number of furan rings is 1. The van der Waals surface area contributed by atoms with Gasteiger partial charge in [-0.25, -0.2) is 4.98 Å². The number of hydrogen-bond acceptors (Lipinski definition) is 3. The minimum atomic E-state index is -0.231. The summed E-state index contributed by atoms with van der Waals surface area (Å²) in [5, 5.41) is 4.59. The molecule has 5 nitrogen and oxygen atoms in total. The fourth-order valence-electron chi connectivity index (χ4n) is 3.40. The summed E-state index contributed by atoms with van der Waals surface area (Å²) >= 11 is 6.08. The summed E-state index contributed by atoms with van der Waals surface area (Å²) in [5.41, 5.74) is 3.56. The van der Waals surface area contributed by atoms with Gasteiger partial charge in [-0.1, -0.05) is 41.9 Å². The van der Waals surface area contributed by atoms with E-state index in [9.17, 15) is 4.79 Å². The van der Waals surface area contributed by atoms with Crippen molar-refractivity contribution in [3.05, 3.63) is 88.7 Å². The predicted octanol–water partition coefficient (Wildman–Crippen LogP) is 4.70. The number of fused-ring (bicyclic) bond motifs is 1. The Labute approximate surface area is 167 Å². The van der Waals surface area contributed by atoms with Gasteiger partial charge < -0.3 is 14.7 Å². The van der Waals surface area contributed by atoms with Gasteiger partial charge in [0.25, 0.3) is 5.91 Å². The van der Waals surface area contributed by atoms with Crippen LogP contribution in [0.5, 0.6) is 0 Å². The largest absolute Gasteiger partial charge is 0.451 e. The Hall–Kier alpha value is -3.05. The summed E-state index contributed by atoms with van der Waals surface area (Å²) < 4.78 is 5.81. The van der Waals surface area contributed by atoms with Crippen LogP contribution in [0.4, 0.5) is 0 Å². The molecule has 1 amide bonds. The van der Waals surface area contributed by atoms with Gasteiger partial charge in [-0.15, -0.1) is 0 Å². The van der Waals surface area contributed by atoms with Gasteiger partial charge in [0, 0.05) is 40.3 Å². The van der Waals surface area contributed by atoms with Crippen LogP contribution >= 0.6 is 11.6 Å². The number of nitrogens with one attached hydrogen (secondary N) is 2. The van der Waals surface area contributed by atoms with Crippen molar-refractivity contribution >= 4 is 28.5 Å². The van der Waals surface area contributed by atoms with Crippen molar-refractivity contribution in [3.63, 3.8) is 0 Å². The van der Waals surface area contributed by atoms with Crippen LogP contribution in [0.1, 0.15) is 27.4 Å². The van der Waals surface area contributed by atoms with E-state index >= 15 is 0 Å². The molecular formula is C22H20ClN3O2. The monoisotopic (exact) mass is 393 g/mol. The van der Waals surface area contributed by atoms with Gasteiger partial charge >= 0.3 is 0 Å². The van der Waals surface area contributed by atoms with Gasteiger partial charge in [-0.05, 0) is 37.1 Å². The lowest BCUT2D eigenvalue weighted by molar-refractivity contribution is 0.0910. The average molecular weight is 394 g/mol. The summed E-state index contributed by atoms with van der Waals surface area (Å²) in [6.45, 7) is 1.87. The maximum atomic E-state index is 13.0. The quantitative estimate of drug-likeness (QED) is 0.498. The van der Waals surface area contributed by atoms with E-state index in [0.29, 0.717) is 29.2 Å². The SMILES string of the molecule is Cc1c(C(=O)N[C@@H](Cc2ccccc2)Cc2cnc[nH]2)oc2ccc(Cl)cc12. The highest BCUT2D eigenvalue weighted by Gasteiger charge is 2.21. The Bertz CT molecular complexity index is 1090. The lowest BCUT2D eigenvalue weighted by Gasteiger charge is -2.18. The van der Waals surface area contributed by atoms with Gasteiger partial charge in [0.2, 0.25) is 0 Å². The molecule has 4 aromatic rings. The fraction of sp³-hybridized carbons (Fsp3) is 0.182. The Morgan fingerprint density at radius 1 is 1.21 bits per heavy atom. The number of imidazole rings is 1. The molecule has 0 fully saturated rings. The number of rotatable bonds is 6. The third kappa shape index (κ3) is 3.94. The second-order valence-corrected chi connectivity index (χ2v) is 7.27. The molecule has 2 N–H and O–H groups in total. The molecule has 28 heavy (non-hydrogen) atoms. The molecule has 2 aromatic carbocycles. The first-order chi connectivity index (χ1) is 13.6. The molecule has 0 aliphatic carbocycles. The minimum Gasteiger partial charge on any atom is -0.451 e. The minimum absolute atomic E-state index is 0.105. The summed E-state index contributed by atoms with van der Waals surface area (Å²) in [5.74, 6) is 0.0882. The zero-order valence-corrected chi connectivity index (χ0v) is 16.2.